The van der Waals surface area contributed by atoms with E-state index < -0.39 is 20.9 Å². The van der Waals surface area contributed by atoms with Gasteiger partial charge in [0.1, 0.15) is 18.1 Å². The van der Waals surface area contributed by atoms with Crippen molar-refractivity contribution in [3.05, 3.63) is 98.5 Å². The average molecular weight is 564 g/mol. The molecule has 0 aliphatic heterocycles. The molecule has 0 spiro atoms. The van der Waals surface area contributed by atoms with Crippen LogP contribution in [-0.4, -0.2) is 29.4 Å². The van der Waals surface area contributed by atoms with Gasteiger partial charge in [-0.2, -0.15) is 0 Å². The Bertz CT molecular complexity index is 1560. The van der Waals surface area contributed by atoms with Crippen LogP contribution in [0.3, 0.4) is 0 Å². The molecule has 0 bridgehead atoms. The number of non-ortho nitro benzene ring substituents is 1. The Morgan fingerprint density at radius 3 is 2.43 bits per heavy atom. The molecule has 0 unspecified atom stereocenters. The van der Waals surface area contributed by atoms with Gasteiger partial charge >= 0.3 is 0 Å². The number of hydrogen-bond donors (Lipinski definition) is 2. The lowest BCUT2D eigenvalue weighted by Gasteiger charge is -2.08. The van der Waals surface area contributed by atoms with E-state index in [1.54, 1.807) is 0 Å². The summed E-state index contributed by atoms with van der Waals surface area (Å²) in [6.45, 7) is -0.0810. The van der Waals surface area contributed by atoms with Gasteiger partial charge in [-0.25, -0.2) is 8.42 Å². The van der Waals surface area contributed by atoms with Crippen LogP contribution in [0.25, 0.3) is 0 Å². The second-order valence-corrected chi connectivity index (χ2v) is 9.73. The van der Waals surface area contributed by atoms with Crippen LogP contribution in [0.4, 0.5) is 17.2 Å². The third kappa shape index (κ3) is 6.52. The highest BCUT2D eigenvalue weighted by atomic mass is 35.5. The number of aromatic nitrogens is 2. The summed E-state index contributed by atoms with van der Waals surface area (Å²) in [6.07, 6.45) is 0. The van der Waals surface area contributed by atoms with Crippen LogP contribution in [0.5, 0.6) is 5.75 Å². The highest BCUT2D eigenvalue weighted by molar-refractivity contribution is 7.92. The zero-order valence-corrected chi connectivity index (χ0v) is 20.7. The fraction of sp³-hybridized carbons (Fsp3) is 0.0455. The number of benzene rings is 2. The van der Waals surface area contributed by atoms with Crippen LogP contribution in [0.2, 0.25) is 10.2 Å². The van der Waals surface area contributed by atoms with Crippen molar-refractivity contribution in [1.29, 1.82) is 0 Å². The van der Waals surface area contributed by atoms with Gasteiger partial charge in [-0.15, -0.1) is 10.2 Å². The molecule has 0 aliphatic rings. The summed E-state index contributed by atoms with van der Waals surface area (Å²) in [7, 11) is -3.94. The smallest absolute Gasteiger partial charge is 0.291 e. The quantitative estimate of drug-likeness (QED) is 0.212. The number of anilines is 2. The Morgan fingerprint density at radius 1 is 1.03 bits per heavy atom. The summed E-state index contributed by atoms with van der Waals surface area (Å²) in [5, 5.41) is 20.8. The molecule has 0 saturated carbocycles. The van der Waals surface area contributed by atoms with Crippen LogP contribution in [0, 0.1) is 10.1 Å². The second-order valence-electron chi connectivity index (χ2n) is 7.25. The molecule has 4 aromatic rings. The van der Waals surface area contributed by atoms with Crippen molar-refractivity contribution in [3.63, 3.8) is 0 Å². The number of nitrogens with one attached hydrogen (secondary N) is 2. The first-order valence-corrected chi connectivity index (χ1v) is 12.4. The minimum Gasteiger partial charge on any atom is -0.484 e. The van der Waals surface area contributed by atoms with E-state index in [-0.39, 0.29) is 44.7 Å². The van der Waals surface area contributed by atoms with Crippen molar-refractivity contribution >= 4 is 56.3 Å². The molecule has 2 heterocycles. The molecule has 190 valence electrons. The summed E-state index contributed by atoms with van der Waals surface area (Å²) in [5.74, 6) is -0.0900. The van der Waals surface area contributed by atoms with Gasteiger partial charge in [-0.3, -0.25) is 19.6 Å². The summed E-state index contributed by atoms with van der Waals surface area (Å²) in [4.78, 5) is 22.7. The number of furan rings is 1. The lowest BCUT2D eigenvalue weighted by atomic mass is 10.3. The molecule has 0 atom stereocenters. The second kappa shape index (κ2) is 10.8. The molecule has 2 aromatic heterocycles. The standard InChI is InChI=1S/C22H15Cl2N5O7S/c23-17-11-14(29(31)32)3-7-18(17)35-12-15-4-8-19(36-15)22(30)25-13-1-5-16(6-2-13)37(33,34)28-21-10-9-20(24)26-27-21/h1-11H,12H2,(H,25,30)(H,27,28). The topological polar surface area (TPSA) is 167 Å². The number of carbonyl (C=O) groups is 1. The summed E-state index contributed by atoms with van der Waals surface area (Å²) < 4.78 is 38.3. The Balaban J connectivity index is 1.35. The summed E-state index contributed by atoms with van der Waals surface area (Å²) in [5.41, 5.74) is 0.147. The molecule has 15 heteroatoms. The molecule has 0 fully saturated rings. The number of sulfonamides is 1. The number of carbonyl (C=O) groups excluding carboxylic acids is 1. The lowest BCUT2D eigenvalue weighted by molar-refractivity contribution is -0.384. The van der Waals surface area contributed by atoms with Gasteiger partial charge < -0.3 is 14.5 Å². The minimum atomic E-state index is -3.94. The van der Waals surface area contributed by atoms with Gasteiger partial charge in [-0.05, 0) is 54.6 Å². The van der Waals surface area contributed by atoms with E-state index in [0.29, 0.717) is 11.4 Å². The van der Waals surface area contributed by atoms with Crippen LogP contribution in [-0.2, 0) is 16.6 Å². The molecule has 37 heavy (non-hydrogen) atoms. The first-order chi connectivity index (χ1) is 17.6. The van der Waals surface area contributed by atoms with Crippen LogP contribution in [0.1, 0.15) is 16.3 Å². The van der Waals surface area contributed by atoms with Crippen molar-refractivity contribution in [2.24, 2.45) is 0 Å². The Morgan fingerprint density at radius 2 is 1.78 bits per heavy atom. The number of nitro benzene ring substituents is 1. The number of ether oxygens (including phenoxy) is 1. The highest BCUT2D eigenvalue weighted by Gasteiger charge is 2.17. The van der Waals surface area contributed by atoms with Crippen LogP contribution in [0.15, 0.2) is 76.0 Å². The fourth-order valence-electron chi connectivity index (χ4n) is 2.92. The number of amides is 1. The Hall–Kier alpha value is -4.20. The molecule has 1 amide bonds. The highest BCUT2D eigenvalue weighted by Crippen LogP contribution is 2.29. The van der Waals surface area contributed by atoms with Crippen molar-refractivity contribution in [2.75, 3.05) is 10.0 Å². The molecule has 2 aromatic carbocycles. The van der Waals surface area contributed by atoms with E-state index in [2.05, 4.69) is 20.2 Å². The first-order valence-electron chi connectivity index (χ1n) is 10.2. The molecule has 0 radical (unpaired) electrons. The number of nitrogens with zero attached hydrogens (tertiary/aromatic N) is 3. The molecule has 12 nitrogen and oxygen atoms in total. The number of halogens is 2. The molecular formula is C22H15Cl2N5O7S. The molecule has 4 rings (SSSR count). The van der Waals surface area contributed by atoms with E-state index in [0.717, 1.165) is 6.07 Å². The lowest BCUT2D eigenvalue weighted by Crippen LogP contribution is -2.15. The zero-order chi connectivity index (χ0) is 26.6. The molecular weight excluding hydrogens is 549 g/mol. The largest absolute Gasteiger partial charge is 0.484 e. The van der Waals surface area contributed by atoms with E-state index in [1.807, 2.05) is 0 Å². The van der Waals surface area contributed by atoms with Crippen molar-refractivity contribution in [1.82, 2.24) is 10.2 Å². The molecule has 2 N–H and O–H groups in total. The predicted octanol–water partition coefficient (Wildman–Crippen LogP) is 4.92. The normalized spacial score (nSPS) is 11.1. The number of hydrogen-bond acceptors (Lipinski definition) is 9. The summed E-state index contributed by atoms with van der Waals surface area (Å²) >= 11 is 11.6. The van der Waals surface area contributed by atoms with Gasteiger partial charge in [0.05, 0.1) is 14.8 Å². The van der Waals surface area contributed by atoms with E-state index in [1.165, 1.54) is 60.7 Å². The zero-order valence-electron chi connectivity index (χ0n) is 18.4. The maximum absolute atomic E-state index is 12.5. The number of rotatable bonds is 9. The fourth-order valence-corrected chi connectivity index (χ4v) is 4.25. The van der Waals surface area contributed by atoms with Crippen molar-refractivity contribution < 1.29 is 27.3 Å². The predicted molar refractivity (Wildman–Crippen MR) is 133 cm³/mol. The van der Waals surface area contributed by atoms with Crippen molar-refractivity contribution in [2.45, 2.75) is 11.5 Å². The SMILES string of the molecule is O=C(Nc1ccc(S(=O)(=O)Nc2ccc(Cl)nn2)cc1)c1ccc(COc2ccc([N+](=O)[O-])cc2Cl)o1. The third-order valence-electron chi connectivity index (χ3n) is 4.68. The van der Waals surface area contributed by atoms with Gasteiger partial charge in [0.25, 0.3) is 21.6 Å². The third-order valence-corrected chi connectivity index (χ3v) is 6.54. The maximum Gasteiger partial charge on any atom is 0.291 e. The van der Waals surface area contributed by atoms with Gasteiger partial charge in [0.15, 0.2) is 16.7 Å². The Labute approximate surface area is 219 Å². The first kappa shape index (κ1) is 25.9. The van der Waals surface area contributed by atoms with Gasteiger partial charge in [0, 0.05) is 17.8 Å². The van der Waals surface area contributed by atoms with E-state index in [9.17, 15) is 23.3 Å². The van der Waals surface area contributed by atoms with Crippen LogP contribution < -0.4 is 14.8 Å². The minimum absolute atomic E-state index is 0.00441. The average Bonchev–Trinajstić information content (AvgIpc) is 3.34. The van der Waals surface area contributed by atoms with Crippen molar-refractivity contribution in [3.8, 4) is 5.75 Å². The Kier molecular flexibility index (Phi) is 7.57. The monoisotopic (exact) mass is 563 g/mol. The number of nitro groups is 1. The van der Waals surface area contributed by atoms with E-state index >= 15 is 0 Å². The maximum atomic E-state index is 12.5. The summed E-state index contributed by atoms with van der Waals surface area (Å²) in [6, 6.07) is 14.9. The van der Waals surface area contributed by atoms with Crippen LogP contribution >= 0.6 is 23.2 Å². The van der Waals surface area contributed by atoms with Gasteiger partial charge in [-0.1, -0.05) is 23.2 Å². The molecule has 0 saturated heterocycles. The van der Waals surface area contributed by atoms with Gasteiger partial charge in [0.2, 0.25) is 0 Å². The molecule has 0 aliphatic carbocycles. The van der Waals surface area contributed by atoms with E-state index in [4.69, 9.17) is 32.4 Å².